The van der Waals surface area contributed by atoms with Crippen molar-refractivity contribution < 1.29 is 13.2 Å². The van der Waals surface area contributed by atoms with Crippen molar-refractivity contribution in [2.75, 3.05) is 13.6 Å². The van der Waals surface area contributed by atoms with Gasteiger partial charge in [0, 0.05) is 19.3 Å². The van der Waals surface area contributed by atoms with Crippen LogP contribution in [0, 0.1) is 0 Å². The van der Waals surface area contributed by atoms with E-state index in [0.29, 0.717) is 6.54 Å². The van der Waals surface area contributed by atoms with Crippen LogP contribution in [0.1, 0.15) is 12.1 Å². The highest BCUT2D eigenvalue weighted by Gasteiger charge is 2.26. The monoisotopic (exact) mass is 218 g/mol. The van der Waals surface area contributed by atoms with Crippen LogP contribution in [-0.2, 0) is 6.54 Å². The molecule has 0 unspecified atom stereocenters. The summed E-state index contributed by atoms with van der Waals surface area (Å²) >= 11 is 0. The predicted octanol–water partition coefficient (Wildman–Crippen LogP) is 2.47. The molecular formula is C10H13F3N2. The van der Waals surface area contributed by atoms with Gasteiger partial charge in [-0.15, -0.1) is 0 Å². The molecule has 84 valence electrons. The van der Waals surface area contributed by atoms with E-state index < -0.39 is 12.6 Å². The minimum Gasteiger partial charge on any atom is -0.300 e. The highest BCUT2D eigenvalue weighted by Crippen LogP contribution is 2.19. The fourth-order valence-corrected chi connectivity index (χ4v) is 1.16. The van der Waals surface area contributed by atoms with E-state index in [0.717, 1.165) is 5.69 Å². The van der Waals surface area contributed by atoms with Crippen molar-refractivity contribution in [2.45, 2.75) is 19.1 Å². The lowest BCUT2D eigenvalue weighted by Crippen LogP contribution is -2.24. The first-order chi connectivity index (χ1) is 6.97. The summed E-state index contributed by atoms with van der Waals surface area (Å²) in [5, 5.41) is 0. The van der Waals surface area contributed by atoms with Gasteiger partial charge in [0.1, 0.15) is 0 Å². The van der Waals surface area contributed by atoms with Crippen molar-refractivity contribution in [3.05, 3.63) is 30.1 Å². The lowest BCUT2D eigenvalue weighted by atomic mass is 10.3. The fraction of sp³-hybridized carbons (Fsp3) is 0.500. The zero-order valence-corrected chi connectivity index (χ0v) is 8.46. The molecule has 0 aromatic carbocycles. The molecule has 5 heteroatoms. The van der Waals surface area contributed by atoms with Crippen LogP contribution >= 0.6 is 0 Å². The van der Waals surface area contributed by atoms with Crippen molar-refractivity contribution >= 4 is 0 Å². The molecule has 0 aliphatic rings. The average molecular weight is 218 g/mol. The maximum atomic E-state index is 11.9. The molecule has 0 atom stereocenters. The molecule has 1 rings (SSSR count). The molecule has 0 N–H and O–H groups in total. The predicted molar refractivity (Wildman–Crippen MR) is 51.2 cm³/mol. The smallest absolute Gasteiger partial charge is 0.300 e. The molecular weight excluding hydrogens is 205 g/mol. The van der Waals surface area contributed by atoms with Gasteiger partial charge in [0.2, 0.25) is 0 Å². The third-order valence-corrected chi connectivity index (χ3v) is 1.94. The topological polar surface area (TPSA) is 16.1 Å². The van der Waals surface area contributed by atoms with E-state index in [9.17, 15) is 13.2 Å². The molecule has 2 nitrogen and oxygen atoms in total. The molecule has 1 aromatic heterocycles. The first-order valence-electron chi connectivity index (χ1n) is 4.62. The molecule has 15 heavy (non-hydrogen) atoms. The van der Waals surface area contributed by atoms with Gasteiger partial charge < -0.3 is 4.90 Å². The zero-order chi connectivity index (χ0) is 11.3. The van der Waals surface area contributed by atoms with Gasteiger partial charge in [0.05, 0.1) is 12.1 Å². The standard InChI is InChI=1S/C10H13F3N2/c1-15(7-5-10(11,12)13)8-9-4-2-3-6-14-9/h2-4,6H,5,7-8H2,1H3. The fourth-order valence-electron chi connectivity index (χ4n) is 1.16. The van der Waals surface area contributed by atoms with E-state index in [4.69, 9.17) is 0 Å². The number of alkyl halides is 3. The summed E-state index contributed by atoms with van der Waals surface area (Å²) in [5.41, 5.74) is 0.780. The van der Waals surface area contributed by atoms with Crippen LogP contribution in [0.25, 0.3) is 0 Å². The molecule has 0 saturated heterocycles. The molecule has 0 radical (unpaired) electrons. The first kappa shape index (κ1) is 12.0. The Kier molecular flexibility index (Phi) is 4.08. The molecule has 0 fully saturated rings. The quantitative estimate of drug-likeness (QED) is 0.771. The second kappa shape index (κ2) is 5.11. The van der Waals surface area contributed by atoms with Gasteiger partial charge in [0.15, 0.2) is 0 Å². The van der Waals surface area contributed by atoms with E-state index in [1.165, 1.54) is 0 Å². The highest BCUT2D eigenvalue weighted by molar-refractivity contribution is 5.02. The maximum absolute atomic E-state index is 11.9. The Morgan fingerprint density at radius 1 is 1.33 bits per heavy atom. The maximum Gasteiger partial charge on any atom is 0.390 e. The van der Waals surface area contributed by atoms with Crippen LogP contribution in [-0.4, -0.2) is 29.7 Å². The Morgan fingerprint density at radius 3 is 2.60 bits per heavy atom. The van der Waals surface area contributed by atoms with Gasteiger partial charge >= 0.3 is 6.18 Å². The molecule has 0 amide bonds. The number of pyridine rings is 1. The largest absolute Gasteiger partial charge is 0.390 e. The van der Waals surface area contributed by atoms with E-state index in [2.05, 4.69) is 4.98 Å². The number of aromatic nitrogens is 1. The van der Waals surface area contributed by atoms with Crippen LogP contribution in [0.15, 0.2) is 24.4 Å². The number of nitrogens with zero attached hydrogens (tertiary/aromatic N) is 2. The zero-order valence-electron chi connectivity index (χ0n) is 8.46. The normalized spacial score (nSPS) is 12.1. The number of halogens is 3. The van der Waals surface area contributed by atoms with Crippen LogP contribution in [0.3, 0.4) is 0 Å². The van der Waals surface area contributed by atoms with Gasteiger partial charge in [0.25, 0.3) is 0 Å². The minimum atomic E-state index is -4.08. The molecule has 0 bridgehead atoms. The second-order valence-electron chi connectivity index (χ2n) is 3.42. The van der Waals surface area contributed by atoms with E-state index >= 15 is 0 Å². The average Bonchev–Trinajstić information content (AvgIpc) is 2.15. The lowest BCUT2D eigenvalue weighted by molar-refractivity contribution is -0.137. The molecule has 1 heterocycles. The summed E-state index contributed by atoms with van der Waals surface area (Å²) in [6, 6.07) is 5.39. The Bertz CT molecular complexity index is 284. The second-order valence-corrected chi connectivity index (χ2v) is 3.42. The van der Waals surface area contributed by atoms with Gasteiger partial charge in [-0.25, -0.2) is 0 Å². The summed E-state index contributed by atoms with van der Waals surface area (Å²) in [7, 11) is 1.65. The Balaban J connectivity index is 2.34. The Hall–Kier alpha value is -1.10. The molecule has 1 aromatic rings. The van der Waals surface area contributed by atoms with Crippen molar-refractivity contribution in [1.82, 2.24) is 9.88 Å². The Labute approximate surface area is 86.7 Å². The first-order valence-corrected chi connectivity index (χ1v) is 4.62. The van der Waals surface area contributed by atoms with Crippen molar-refractivity contribution in [1.29, 1.82) is 0 Å². The third kappa shape index (κ3) is 5.37. The van der Waals surface area contributed by atoms with E-state index in [-0.39, 0.29) is 6.54 Å². The number of hydrogen-bond acceptors (Lipinski definition) is 2. The van der Waals surface area contributed by atoms with Crippen LogP contribution < -0.4 is 0 Å². The van der Waals surface area contributed by atoms with E-state index in [1.54, 1.807) is 30.3 Å². The lowest BCUT2D eigenvalue weighted by Gasteiger charge is -2.16. The molecule has 0 spiro atoms. The SMILES string of the molecule is CN(CCC(F)(F)F)Cc1ccccn1. The van der Waals surface area contributed by atoms with Crippen LogP contribution in [0.5, 0.6) is 0 Å². The molecule has 0 aliphatic heterocycles. The van der Waals surface area contributed by atoms with Gasteiger partial charge in [-0.3, -0.25) is 4.98 Å². The van der Waals surface area contributed by atoms with E-state index in [1.807, 2.05) is 6.07 Å². The summed E-state index contributed by atoms with van der Waals surface area (Å²) in [5.74, 6) is 0. The summed E-state index contributed by atoms with van der Waals surface area (Å²) in [6.45, 7) is 0.441. The van der Waals surface area contributed by atoms with Gasteiger partial charge in [-0.1, -0.05) is 6.07 Å². The van der Waals surface area contributed by atoms with Crippen molar-refractivity contribution in [3.63, 3.8) is 0 Å². The number of hydrogen-bond donors (Lipinski definition) is 0. The van der Waals surface area contributed by atoms with Crippen molar-refractivity contribution in [2.24, 2.45) is 0 Å². The van der Waals surface area contributed by atoms with Crippen molar-refractivity contribution in [3.8, 4) is 0 Å². The summed E-state index contributed by atoms with van der Waals surface area (Å²) in [4.78, 5) is 5.65. The molecule has 0 aliphatic carbocycles. The third-order valence-electron chi connectivity index (χ3n) is 1.94. The summed E-state index contributed by atoms with van der Waals surface area (Å²) in [6.07, 6.45) is -3.23. The molecule has 0 saturated carbocycles. The highest BCUT2D eigenvalue weighted by atomic mass is 19.4. The van der Waals surface area contributed by atoms with Crippen LogP contribution in [0.4, 0.5) is 13.2 Å². The Morgan fingerprint density at radius 2 is 2.07 bits per heavy atom. The minimum absolute atomic E-state index is 0.0000737. The van der Waals surface area contributed by atoms with Crippen LogP contribution in [0.2, 0.25) is 0 Å². The van der Waals surface area contributed by atoms with Gasteiger partial charge in [-0.05, 0) is 19.2 Å². The summed E-state index contributed by atoms with van der Waals surface area (Å²) < 4.78 is 35.7. The van der Waals surface area contributed by atoms with Gasteiger partial charge in [-0.2, -0.15) is 13.2 Å². The number of rotatable bonds is 4.